The summed E-state index contributed by atoms with van der Waals surface area (Å²) in [5, 5.41) is 6.49. The van der Waals surface area contributed by atoms with Crippen LogP contribution in [-0.2, 0) is 6.61 Å². The van der Waals surface area contributed by atoms with E-state index in [1.165, 1.54) is 5.56 Å². The highest BCUT2D eigenvalue weighted by molar-refractivity contribution is 7.10. The van der Waals surface area contributed by atoms with Crippen molar-refractivity contribution in [2.24, 2.45) is 0 Å². The number of hydrogen-bond donors (Lipinski definition) is 1. The lowest BCUT2D eigenvalue weighted by molar-refractivity contribution is 0.307. The molecule has 4 heteroatoms. The van der Waals surface area contributed by atoms with Gasteiger partial charge in [0.25, 0.3) is 0 Å². The molecular formula is C23H28N2OS. The SMILES string of the molecule is CCC(C)c1ccc(OCc2ccccc2)c(-c2csc(C(C)NC)n2)c1. The summed E-state index contributed by atoms with van der Waals surface area (Å²) in [5.41, 5.74) is 4.56. The fraction of sp³-hybridized carbons (Fsp3) is 0.348. The predicted octanol–water partition coefficient (Wildman–Crippen LogP) is 6.18. The molecule has 2 atom stereocenters. The monoisotopic (exact) mass is 380 g/mol. The van der Waals surface area contributed by atoms with E-state index in [1.807, 2.05) is 25.2 Å². The highest BCUT2D eigenvalue weighted by Gasteiger charge is 2.15. The molecule has 2 aromatic carbocycles. The fourth-order valence-electron chi connectivity index (χ4n) is 2.88. The van der Waals surface area contributed by atoms with Crippen molar-refractivity contribution in [3.63, 3.8) is 0 Å². The first-order valence-electron chi connectivity index (χ1n) is 9.56. The van der Waals surface area contributed by atoms with E-state index < -0.39 is 0 Å². The van der Waals surface area contributed by atoms with Gasteiger partial charge in [0, 0.05) is 10.9 Å². The molecule has 0 amide bonds. The quantitative estimate of drug-likeness (QED) is 0.506. The molecule has 0 saturated carbocycles. The average Bonchev–Trinajstić information content (AvgIpc) is 3.21. The van der Waals surface area contributed by atoms with E-state index in [0.717, 1.165) is 34.0 Å². The van der Waals surface area contributed by atoms with Crippen molar-refractivity contribution < 1.29 is 4.74 Å². The summed E-state index contributed by atoms with van der Waals surface area (Å²) in [7, 11) is 1.96. The van der Waals surface area contributed by atoms with Gasteiger partial charge in [-0.05, 0) is 49.6 Å². The lowest BCUT2D eigenvalue weighted by Crippen LogP contribution is -2.11. The molecule has 3 nitrogen and oxygen atoms in total. The molecule has 0 radical (unpaired) electrons. The third-order valence-electron chi connectivity index (χ3n) is 5.02. The van der Waals surface area contributed by atoms with Gasteiger partial charge in [0.05, 0.1) is 11.7 Å². The normalized spacial score (nSPS) is 13.3. The fourth-order valence-corrected chi connectivity index (χ4v) is 3.77. The number of benzene rings is 2. The zero-order valence-corrected chi connectivity index (χ0v) is 17.3. The topological polar surface area (TPSA) is 34.1 Å². The predicted molar refractivity (Wildman–Crippen MR) is 115 cm³/mol. The average molecular weight is 381 g/mol. The Bertz CT molecular complexity index is 860. The van der Waals surface area contributed by atoms with Crippen molar-refractivity contribution >= 4 is 11.3 Å². The molecule has 27 heavy (non-hydrogen) atoms. The largest absolute Gasteiger partial charge is 0.488 e. The molecule has 3 aromatic rings. The number of rotatable bonds is 8. The van der Waals surface area contributed by atoms with Crippen LogP contribution in [0.1, 0.15) is 55.3 Å². The number of nitrogens with one attached hydrogen (secondary N) is 1. The van der Waals surface area contributed by atoms with E-state index in [9.17, 15) is 0 Å². The Morgan fingerprint density at radius 1 is 1.11 bits per heavy atom. The smallest absolute Gasteiger partial charge is 0.129 e. The van der Waals surface area contributed by atoms with Gasteiger partial charge in [0.15, 0.2) is 0 Å². The maximum absolute atomic E-state index is 6.19. The van der Waals surface area contributed by atoms with E-state index >= 15 is 0 Å². The van der Waals surface area contributed by atoms with Crippen molar-refractivity contribution in [3.8, 4) is 17.0 Å². The van der Waals surface area contributed by atoms with Crippen molar-refractivity contribution in [2.45, 2.75) is 45.8 Å². The first kappa shape index (κ1) is 19.6. The molecule has 0 aliphatic rings. The Morgan fingerprint density at radius 2 is 1.89 bits per heavy atom. The molecular weight excluding hydrogens is 352 g/mol. The molecule has 0 spiro atoms. The molecule has 1 aromatic heterocycles. The van der Waals surface area contributed by atoms with Crippen LogP contribution in [0.15, 0.2) is 53.9 Å². The lowest BCUT2D eigenvalue weighted by atomic mass is 9.96. The number of hydrogen-bond acceptors (Lipinski definition) is 4. The number of ether oxygens (including phenoxy) is 1. The van der Waals surface area contributed by atoms with Crippen molar-refractivity contribution in [3.05, 3.63) is 70.0 Å². The van der Waals surface area contributed by atoms with Gasteiger partial charge in [-0.3, -0.25) is 0 Å². The van der Waals surface area contributed by atoms with Crippen LogP contribution in [0, 0.1) is 0 Å². The number of thiazole rings is 1. The summed E-state index contributed by atoms with van der Waals surface area (Å²) in [4.78, 5) is 4.87. The number of nitrogens with zero attached hydrogens (tertiary/aromatic N) is 1. The van der Waals surface area contributed by atoms with Crippen LogP contribution in [0.25, 0.3) is 11.3 Å². The maximum atomic E-state index is 6.19. The Morgan fingerprint density at radius 3 is 2.59 bits per heavy atom. The molecule has 0 fully saturated rings. The van der Waals surface area contributed by atoms with Crippen LogP contribution in [0.4, 0.5) is 0 Å². The minimum atomic E-state index is 0.246. The molecule has 1 N–H and O–H groups in total. The van der Waals surface area contributed by atoms with Gasteiger partial charge in [-0.15, -0.1) is 11.3 Å². The van der Waals surface area contributed by atoms with Crippen molar-refractivity contribution in [1.82, 2.24) is 10.3 Å². The Hall–Kier alpha value is -2.17. The minimum Gasteiger partial charge on any atom is -0.488 e. The van der Waals surface area contributed by atoms with Crippen LogP contribution in [0.5, 0.6) is 5.75 Å². The Kier molecular flexibility index (Phi) is 6.64. The second-order valence-corrected chi connectivity index (χ2v) is 7.81. The van der Waals surface area contributed by atoms with Crippen LogP contribution in [0.2, 0.25) is 0 Å². The van der Waals surface area contributed by atoms with Crippen molar-refractivity contribution in [2.75, 3.05) is 7.05 Å². The minimum absolute atomic E-state index is 0.246. The van der Waals surface area contributed by atoms with E-state index in [-0.39, 0.29) is 6.04 Å². The van der Waals surface area contributed by atoms with E-state index in [2.05, 4.69) is 61.8 Å². The molecule has 3 rings (SSSR count). The van der Waals surface area contributed by atoms with Crippen LogP contribution in [0.3, 0.4) is 0 Å². The highest BCUT2D eigenvalue weighted by atomic mass is 32.1. The molecule has 0 bridgehead atoms. The summed E-state index contributed by atoms with van der Waals surface area (Å²) in [5.74, 6) is 1.40. The van der Waals surface area contributed by atoms with Gasteiger partial charge in [0.2, 0.25) is 0 Å². The molecule has 0 saturated heterocycles. The van der Waals surface area contributed by atoms with Crippen LogP contribution in [-0.4, -0.2) is 12.0 Å². The summed E-state index contributed by atoms with van der Waals surface area (Å²) in [6, 6.07) is 17.0. The van der Waals surface area contributed by atoms with Crippen LogP contribution >= 0.6 is 11.3 Å². The van der Waals surface area contributed by atoms with E-state index in [0.29, 0.717) is 12.5 Å². The Balaban J connectivity index is 1.93. The van der Waals surface area contributed by atoms with Gasteiger partial charge in [-0.25, -0.2) is 4.98 Å². The standard InChI is InChI=1S/C23H28N2OS/c1-5-16(2)19-11-12-22(26-14-18-9-7-6-8-10-18)20(13-19)21-15-27-23(25-21)17(3)24-4/h6-13,15-17,24H,5,14H2,1-4H3. The second kappa shape index (κ2) is 9.16. The number of aromatic nitrogens is 1. The van der Waals surface area contributed by atoms with Gasteiger partial charge in [0.1, 0.15) is 17.4 Å². The Labute approximate surface area is 166 Å². The zero-order valence-electron chi connectivity index (χ0n) is 16.5. The summed E-state index contributed by atoms with van der Waals surface area (Å²) in [6.45, 7) is 7.17. The van der Waals surface area contributed by atoms with Crippen molar-refractivity contribution in [1.29, 1.82) is 0 Å². The maximum Gasteiger partial charge on any atom is 0.129 e. The van der Waals surface area contributed by atoms with E-state index in [1.54, 1.807) is 11.3 Å². The molecule has 0 aliphatic carbocycles. The lowest BCUT2D eigenvalue weighted by Gasteiger charge is -2.15. The first-order valence-corrected chi connectivity index (χ1v) is 10.4. The molecule has 142 valence electrons. The summed E-state index contributed by atoms with van der Waals surface area (Å²) in [6.07, 6.45) is 1.11. The molecule has 0 aliphatic heterocycles. The van der Waals surface area contributed by atoms with Gasteiger partial charge in [-0.1, -0.05) is 50.2 Å². The summed E-state index contributed by atoms with van der Waals surface area (Å²) < 4.78 is 6.19. The van der Waals surface area contributed by atoms with Gasteiger partial charge < -0.3 is 10.1 Å². The van der Waals surface area contributed by atoms with E-state index in [4.69, 9.17) is 9.72 Å². The third kappa shape index (κ3) is 4.76. The summed E-state index contributed by atoms with van der Waals surface area (Å²) >= 11 is 1.69. The first-order chi connectivity index (χ1) is 13.1. The molecule has 1 heterocycles. The van der Waals surface area contributed by atoms with Gasteiger partial charge >= 0.3 is 0 Å². The second-order valence-electron chi connectivity index (χ2n) is 6.92. The molecule has 2 unspecified atom stereocenters. The highest BCUT2D eigenvalue weighted by Crippen LogP contribution is 2.35. The van der Waals surface area contributed by atoms with Gasteiger partial charge in [-0.2, -0.15) is 0 Å². The van der Waals surface area contributed by atoms with Crippen LogP contribution < -0.4 is 10.1 Å². The zero-order chi connectivity index (χ0) is 19.2. The third-order valence-corrected chi connectivity index (χ3v) is 6.05.